The number of aromatic nitrogens is 1. The summed E-state index contributed by atoms with van der Waals surface area (Å²) < 4.78 is 0. The number of nitrogens with zero attached hydrogens (tertiary/aromatic N) is 1. The van der Waals surface area contributed by atoms with Crippen LogP contribution in [0.2, 0.25) is 5.02 Å². The number of hydrogen-bond acceptors (Lipinski definition) is 4. The SMILES string of the molecule is C[C@H](CO)NCCCc1cc(C(=O)NCC23CC4CC(CC(C4)C2)C3)c(Cl)cn1.Cl.Cl. The number of aliphatic hydroxyl groups excluding tert-OH is 1. The predicted octanol–water partition coefficient (Wildman–Crippen LogP) is 4.43. The molecule has 1 atom stereocenters. The minimum Gasteiger partial charge on any atom is -0.395 e. The maximum Gasteiger partial charge on any atom is 0.252 e. The van der Waals surface area contributed by atoms with E-state index in [-0.39, 0.29) is 43.4 Å². The molecule has 0 radical (unpaired) electrons. The maximum atomic E-state index is 12.9. The summed E-state index contributed by atoms with van der Waals surface area (Å²) in [6, 6.07) is 1.94. The Kier molecular flexibility index (Phi) is 9.90. The van der Waals surface area contributed by atoms with E-state index in [0.717, 1.165) is 49.4 Å². The van der Waals surface area contributed by atoms with Crippen LogP contribution in [0.25, 0.3) is 0 Å². The zero-order valence-corrected chi connectivity index (χ0v) is 20.6. The number of hydrogen-bond donors (Lipinski definition) is 3. The smallest absolute Gasteiger partial charge is 0.252 e. The molecular formula is C23H36Cl3N3O2. The van der Waals surface area contributed by atoms with E-state index < -0.39 is 0 Å². The van der Waals surface area contributed by atoms with E-state index in [9.17, 15) is 4.79 Å². The molecule has 0 aromatic carbocycles. The normalized spacial score (nSPS) is 29.1. The van der Waals surface area contributed by atoms with Crippen molar-refractivity contribution in [1.82, 2.24) is 15.6 Å². The van der Waals surface area contributed by atoms with Crippen molar-refractivity contribution < 1.29 is 9.90 Å². The summed E-state index contributed by atoms with van der Waals surface area (Å²) in [5.74, 6) is 2.59. The van der Waals surface area contributed by atoms with Gasteiger partial charge in [-0.2, -0.15) is 0 Å². The minimum atomic E-state index is -0.0681. The molecule has 0 spiro atoms. The molecule has 4 saturated carbocycles. The van der Waals surface area contributed by atoms with Gasteiger partial charge in [0.2, 0.25) is 0 Å². The fourth-order valence-electron chi connectivity index (χ4n) is 6.34. The highest BCUT2D eigenvalue weighted by Crippen LogP contribution is 2.59. The van der Waals surface area contributed by atoms with Crippen LogP contribution in [0.1, 0.15) is 67.9 Å². The van der Waals surface area contributed by atoms with Gasteiger partial charge in [0.15, 0.2) is 0 Å². The van der Waals surface area contributed by atoms with Crippen molar-refractivity contribution in [1.29, 1.82) is 0 Å². The quantitative estimate of drug-likeness (QED) is 0.446. The molecule has 5 rings (SSSR count). The van der Waals surface area contributed by atoms with Gasteiger partial charge in [-0.25, -0.2) is 0 Å². The fourth-order valence-corrected chi connectivity index (χ4v) is 6.53. The first kappa shape index (κ1) is 26.7. The molecule has 1 amide bonds. The highest BCUT2D eigenvalue weighted by molar-refractivity contribution is 6.33. The zero-order valence-electron chi connectivity index (χ0n) is 18.2. The van der Waals surface area contributed by atoms with Gasteiger partial charge in [-0.15, -0.1) is 24.8 Å². The molecule has 4 fully saturated rings. The van der Waals surface area contributed by atoms with Crippen LogP contribution < -0.4 is 10.6 Å². The third-order valence-electron chi connectivity index (χ3n) is 7.32. The lowest BCUT2D eigenvalue weighted by molar-refractivity contribution is -0.0503. The Morgan fingerprint density at radius 1 is 1.23 bits per heavy atom. The van der Waals surface area contributed by atoms with Gasteiger partial charge >= 0.3 is 0 Å². The lowest BCUT2D eigenvalue weighted by Crippen LogP contribution is -2.51. The summed E-state index contributed by atoms with van der Waals surface area (Å²) in [5.41, 5.74) is 1.74. The zero-order chi connectivity index (χ0) is 20.4. The number of carbonyl (C=O) groups is 1. The number of carbonyl (C=O) groups excluding carboxylic acids is 1. The molecule has 4 bridgehead atoms. The Morgan fingerprint density at radius 2 is 1.84 bits per heavy atom. The number of amides is 1. The third kappa shape index (κ3) is 6.48. The molecule has 1 heterocycles. The molecule has 4 aliphatic rings. The molecule has 3 N–H and O–H groups in total. The standard InChI is InChI=1S/C23H34ClN3O2.2ClH/c1-15(13-28)25-4-2-3-19-8-20(21(24)12-26-19)22(29)27-14-23-9-16-5-17(10-23)7-18(6-16)11-23;;/h8,12,15-18,25,28H,2-7,9-11,13-14H2,1H3,(H,27,29);2*1H/t15-,16?,17?,18?,23?;;/m1../s1. The first-order valence-corrected chi connectivity index (χ1v) is 11.6. The molecular weight excluding hydrogens is 457 g/mol. The van der Waals surface area contributed by atoms with Gasteiger partial charge in [-0.05, 0) is 94.1 Å². The summed E-state index contributed by atoms with van der Waals surface area (Å²) in [4.78, 5) is 17.3. The number of aliphatic hydroxyl groups is 1. The molecule has 0 unspecified atom stereocenters. The van der Waals surface area contributed by atoms with E-state index in [1.165, 1.54) is 38.5 Å². The van der Waals surface area contributed by atoms with Crippen molar-refractivity contribution in [2.24, 2.45) is 23.2 Å². The first-order chi connectivity index (χ1) is 14.0. The van der Waals surface area contributed by atoms with Gasteiger partial charge in [0.25, 0.3) is 5.91 Å². The van der Waals surface area contributed by atoms with Crippen molar-refractivity contribution in [3.8, 4) is 0 Å². The molecule has 0 saturated heterocycles. The summed E-state index contributed by atoms with van der Waals surface area (Å²) in [5, 5.41) is 16.0. The Morgan fingerprint density at radius 3 is 2.42 bits per heavy atom. The van der Waals surface area contributed by atoms with E-state index in [1.807, 2.05) is 13.0 Å². The van der Waals surface area contributed by atoms with Crippen LogP contribution in [0.5, 0.6) is 0 Å². The van der Waals surface area contributed by atoms with Crippen molar-refractivity contribution in [3.63, 3.8) is 0 Å². The Bertz CT molecular complexity index is 711. The molecule has 1 aromatic rings. The van der Waals surface area contributed by atoms with Gasteiger partial charge in [-0.3, -0.25) is 9.78 Å². The number of halogens is 3. The second-order valence-electron chi connectivity index (χ2n) is 9.90. The Hall–Kier alpha value is -0.590. The van der Waals surface area contributed by atoms with Crippen LogP contribution in [0.15, 0.2) is 12.3 Å². The highest BCUT2D eigenvalue weighted by atomic mass is 35.5. The lowest BCUT2D eigenvalue weighted by atomic mass is 9.49. The van der Waals surface area contributed by atoms with Gasteiger partial charge in [0, 0.05) is 24.5 Å². The van der Waals surface area contributed by atoms with Crippen LogP contribution >= 0.6 is 36.4 Å². The summed E-state index contributed by atoms with van der Waals surface area (Å²) in [6.45, 7) is 3.67. The van der Waals surface area contributed by atoms with Crippen LogP contribution in [-0.4, -0.2) is 41.7 Å². The van der Waals surface area contributed by atoms with Crippen molar-refractivity contribution >= 4 is 42.3 Å². The predicted molar refractivity (Wildman–Crippen MR) is 130 cm³/mol. The molecule has 31 heavy (non-hydrogen) atoms. The number of rotatable bonds is 9. The van der Waals surface area contributed by atoms with E-state index in [0.29, 0.717) is 16.0 Å². The van der Waals surface area contributed by atoms with Crippen molar-refractivity contribution in [2.75, 3.05) is 19.7 Å². The topological polar surface area (TPSA) is 74.2 Å². The molecule has 176 valence electrons. The molecule has 4 aliphatic carbocycles. The molecule has 8 heteroatoms. The van der Waals surface area contributed by atoms with Crippen molar-refractivity contribution in [3.05, 3.63) is 28.5 Å². The van der Waals surface area contributed by atoms with E-state index in [4.69, 9.17) is 16.7 Å². The van der Waals surface area contributed by atoms with Crippen molar-refractivity contribution in [2.45, 2.75) is 64.3 Å². The second kappa shape index (κ2) is 11.5. The molecule has 5 nitrogen and oxygen atoms in total. The number of aryl methyl sites for hydroxylation is 1. The summed E-state index contributed by atoms with van der Waals surface area (Å²) >= 11 is 6.30. The van der Waals surface area contributed by atoms with Crippen LogP contribution in [0.3, 0.4) is 0 Å². The average molecular weight is 493 g/mol. The highest BCUT2D eigenvalue weighted by Gasteiger charge is 2.50. The molecule has 0 aliphatic heterocycles. The van der Waals surface area contributed by atoms with Crippen LogP contribution in [0, 0.1) is 23.2 Å². The number of nitrogens with one attached hydrogen (secondary N) is 2. The first-order valence-electron chi connectivity index (χ1n) is 11.2. The van der Waals surface area contributed by atoms with Crippen LogP contribution in [-0.2, 0) is 6.42 Å². The lowest BCUT2D eigenvalue weighted by Gasteiger charge is -2.56. The van der Waals surface area contributed by atoms with E-state index in [2.05, 4.69) is 15.6 Å². The molecule has 1 aromatic heterocycles. The fraction of sp³-hybridized carbons (Fsp3) is 0.739. The van der Waals surface area contributed by atoms with Gasteiger partial charge in [0.05, 0.1) is 17.2 Å². The van der Waals surface area contributed by atoms with E-state index >= 15 is 0 Å². The summed E-state index contributed by atoms with van der Waals surface area (Å²) in [6.07, 6.45) is 11.4. The second-order valence-corrected chi connectivity index (χ2v) is 10.3. The van der Waals surface area contributed by atoms with Gasteiger partial charge in [0.1, 0.15) is 0 Å². The van der Waals surface area contributed by atoms with E-state index in [1.54, 1.807) is 6.20 Å². The van der Waals surface area contributed by atoms with Crippen LogP contribution in [0.4, 0.5) is 0 Å². The minimum absolute atomic E-state index is 0. The largest absolute Gasteiger partial charge is 0.395 e. The van der Waals surface area contributed by atoms with Gasteiger partial charge < -0.3 is 15.7 Å². The Balaban J connectivity index is 0.00000171. The Labute approximate surface area is 203 Å². The van der Waals surface area contributed by atoms with Gasteiger partial charge in [-0.1, -0.05) is 11.6 Å². The third-order valence-corrected chi connectivity index (χ3v) is 7.62. The maximum absolute atomic E-state index is 12.9. The summed E-state index contributed by atoms with van der Waals surface area (Å²) in [7, 11) is 0. The average Bonchev–Trinajstić information content (AvgIpc) is 2.69. The number of pyridine rings is 1. The monoisotopic (exact) mass is 491 g/mol.